The normalized spacial score (nSPS) is 13.3. The minimum Gasteiger partial charge on any atom is -0.439 e. The molecule has 2 rings (SSSR count). The highest BCUT2D eigenvalue weighted by molar-refractivity contribution is 6.34. The molecule has 0 amide bonds. The van der Waals surface area contributed by atoms with E-state index in [4.69, 9.17) is 21.8 Å². The number of nitrogens with zero attached hydrogens (tertiary/aromatic N) is 1. The molecule has 2 aromatic rings. The molecule has 0 aliphatic heterocycles. The summed E-state index contributed by atoms with van der Waals surface area (Å²) in [6.07, 6.45) is -0.719. The molecule has 1 aromatic heterocycles. The van der Waals surface area contributed by atoms with E-state index in [1.54, 1.807) is 19.1 Å². The van der Waals surface area contributed by atoms with Gasteiger partial charge in [0.05, 0.1) is 11.1 Å². The summed E-state index contributed by atoms with van der Waals surface area (Å²) in [5.41, 5.74) is 7.21. The molecule has 0 bridgehead atoms. The Kier molecular flexibility index (Phi) is 2.65. The number of oxazole rings is 1. The molecule has 15 heavy (non-hydrogen) atoms. The molecule has 0 aliphatic carbocycles. The van der Waals surface area contributed by atoms with Gasteiger partial charge in [-0.15, -0.1) is 0 Å². The van der Waals surface area contributed by atoms with Crippen LogP contribution in [0.2, 0.25) is 5.02 Å². The second-order valence-corrected chi connectivity index (χ2v) is 3.74. The van der Waals surface area contributed by atoms with Crippen LogP contribution in [0.4, 0.5) is 0 Å². The maximum Gasteiger partial charge on any atom is 0.192 e. The maximum absolute atomic E-state index is 9.58. The van der Waals surface area contributed by atoms with Gasteiger partial charge in [-0.1, -0.05) is 11.6 Å². The monoisotopic (exact) mass is 226 g/mol. The first-order valence-electron chi connectivity index (χ1n) is 4.56. The van der Waals surface area contributed by atoms with Gasteiger partial charge in [0.25, 0.3) is 0 Å². The minimum absolute atomic E-state index is 0.151. The van der Waals surface area contributed by atoms with Crippen LogP contribution < -0.4 is 5.73 Å². The number of nitrogens with two attached hydrogens (primary N) is 1. The number of benzene rings is 1. The Labute approximate surface area is 91.7 Å². The summed E-state index contributed by atoms with van der Waals surface area (Å²) in [5.74, 6) is 0.547. The number of fused-ring (bicyclic) bond motifs is 1. The van der Waals surface area contributed by atoms with Crippen molar-refractivity contribution in [3.05, 3.63) is 28.6 Å². The van der Waals surface area contributed by atoms with Crippen molar-refractivity contribution < 1.29 is 9.52 Å². The van der Waals surface area contributed by atoms with E-state index < -0.39 is 6.10 Å². The van der Waals surface area contributed by atoms with E-state index in [-0.39, 0.29) is 6.54 Å². The highest BCUT2D eigenvalue weighted by Crippen LogP contribution is 2.28. The van der Waals surface area contributed by atoms with Crippen LogP contribution in [0.15, 0.2) is 16.5 Å². The predicted molar refractivity (Wildman–Crippen MR) is 57.8 cm³/mol. The van der Waals surface area contributed by atoms with Crippen molar-refractivity contribution in [3.8, 4) is 0 Å². The second-order valence-electron chi connectivity index (χ2n) is 3.34. The Morgan fingerprint density at radius 1 is 1.60 bits per heavy atom. The molecule has 0 saturated heterocycles. The van der Waals surface area contributed by atoms with E-state index in [0.717, 1.165) is 0 Å². The van der Waals surface area contributed by atoms with Crippen LogP contribution in [0.1, 0.15) is 17.6 Å². The third kappa shape index (κ3) is 1.84. The maximum atomic E-state index is 9.58. The minimum atomic E-state index is -0.719. The van der Waals surface area contributed by atoms with Crippen molar-refractivity contribution >= 4 is 22.7 Å². The van der Waals surface area contributed by atoms with Gasteiger partial charge < -0.3 is 15.3 Å². The highest BCUT2D eigenvalue weighted by Gasteiger charge is 2.12. The lowest BCUT2D eigenvalue weighted by Gasteiger charge is -2.07. The number of aryl methyl sites for hydroxylation is 1. The number of aliphatic hydroxyl groups excluding tert-OH is 1. The SMILES string of the molecule is Cc1nc2cc(C(O)CN)cc(Cl)c2o1. The van der Waals surface area contributed by atoms with Gasteiger partial charge in [0.1, 0.15) is 5.52 Å². The van der Waals surface area contributed by atoms with Crippen LogP contribution in [0.3, 0.4) is 0 Å². The summed E-state index contributed by atoms with van der Waals surface area (Å²) < 4.78 is 5.31. The number of hydrogen-bond donors (Lipinski definition) is 2. The van der Waals surface area contributed by atoms with Crippen molar-refractivity contribution in [1.82, 2.24) is 4.98 Å². The van der Waals surface area contributed by atoms with Crippen molar-refractivity contribution in [2.24, 2.45) is 5.73 Å². The number of hydrogen-bond acceptors (Lipinski definition) is 4. The molecule has 4 nitrogen and oxygen atoms in total. The molecule has 80 valence electrons. The van der Waals surface area contributed by atoms with Gasteiger partial charge in [0, 0.05) is 13.5 Å². The highest BCUT2D eigenvalue weighted by atomic mass is 35.5. The molecule has 5 heteroatoms. The number of aliphatic hydroxyl groups is 1. The molecule has 3 N–H and O–H groups in total. The van der Waals surface area contributed by atoms with Crippen LogP contribution >= 0.6 is 11.6 Å². The number of aromatic nitrogens is 1. The van der Waals surface area contributed by atoms with Gasteiger partial charge in [0.2, 0.25) is 0 Å². The second kappa shape index (κ2) is 3.81. The van der Waals surface area contributed by atoms with E-state index in [2.05, 4.69) is 4.98 Å². The molecule has 1 unspecified atom stereocenters. The van der Waals surface area contributed by atoms with Crippen molar-refractivity contribution in [1.29, 1.82) is 0 Å². The Morgan fingerprint density at radius 2 is 2.33 bits per heavy atom. The topological polar surface area (TPSA) is 72.3 Å². The summed E-state index contributed by atoms with van der Waals surface area (Å²) >= 11 is 5.99. The average molecular weight is 227 g/mol. The first kappa shape index (κ1) is 10.4. The third-order valence-electron chi connectivity index (χ3n) is 2.18. The molecule has 0 fully saturated rings. The van der Waals surface area contributed by atoms with Crippen molar-refractivity contribution in [3.63, 3.8) is 0 Å². The zero-order valence-corrected chi connectivity index (χ0v) is 8.95. The van der Waals surface area contributed by atoms with Crippen molar-refractivity contribution in [2.45, 2.75) is 13.0 Å². The van der Waals surface area contributed by atoms with E-state index in [0.29, 0.717) is 27.6 Å². The smallest absolute Gasteiger partial charge is 0.192 e. The summed E-state index contributed by atoms with van der Waals surface area (Å²) in [7, 11) is 0. The molecular weight excluding hydrogens is 216 g/mol. The van der Waals surface area contributed by atoms with E-state index >= 15 is 0 Å². The summed E-state index contributed by atoms with van der Waals surface area (Å²) in [6.45, 7) is 1.90. The first-order chi connectivity index (χ1) is 7.11. The van der Waals surface area contributed by atoms with E-state index in [1.165, 1.54) is 0 Å². The molecular formula is C10H11ClN2O2. The first-order valence-corrected chi connectivity index (χ1v) is 4.94. The van der Waals surface area contributed by atoms with Crippen LogP contribution in [0, 0.1) is 6.92 Å². The Balaban J connectivity index is 2.61. The summed E-state index contributed by atoms with van der Waals surface area (Å²) in [5, 5.41) is 10.0. The van der Waals surface area contributed by atoms with Crippen LogP contribution in [0.25, 0.3) is 11.1 Å². The van der Waals surface area contributed by atoms with Crippen molar-refractivity contribution in [2.75, 3.05) is 6.54 Å². The van der Waals surface area contributed by atoms with Crippen LogP contribution in [0.5, 0.6) is 0 Å². The fraction of sp³-hybridized carbons (Fsp3) is 0.300. The van der Waals surface area contributed by atoms with E-state index in [1.807, 2.05) is 0 Å². The van der Waals surface area contributed by atoms with Gasteiger partial charge in [-0.2, -0.15) is 0 Å². The van der Waals surface area contributed by atoms with Gasteiger partial charge in [-0.25, -0.2) is 4.98 Å². The summed E-state index contributed by atoms with van der Waals surface area (Å²) in [6, 6.07) is 3.38. The zero-order chi connectivity index (χ0) is 11.0. The largest absolute Gasteiger partial charge is 0.439 e. The lowest BCUT2D eigenvalue weighted by atomic mass is 10.1. The van der Waals surface area contributed by atoms with Crippen LogP contribution in [-0.2, 0) is 0 Å². The zero-order valence-electron chi connectivity index (χ0n) is 8.20. The molecule has 1 atom stereocenters. The lowest BCUT2D eigenvalue weighted by molar-refractivity contribution is 0.187. The standard InChI is InChI=1S/C10H11ClN2O2/c1-5-13-8-3-6(9(14)4-12)2-7(11)10(8)15-5/h2-3,9,14H,4,12H2,1H3. The lowest BCUT2D eigenvalue weighted by Crippen LogP contribution is -2.11. The van der Waals surface area contributed by atoms with Gasteiger partial charge in [-0.3, -0.25) is 0 Å². The quantitative estimate of drug-likeness (QED) is 0.819. The number of rotatable bonds is 2. The molecule has 0 spiro atoms. The van der Waals surface area contributed by atoms with Crippen LogP contribution in [-0.4, -0.2) is 16.6 Å². The Morgan fingerprint density at radius 3 is 3.00 bits per heavy atom. The average Bonchev–Trinajstić information content (AvgIpc) is 2.58. The van der Waals surface area contributed by atoms with Gasteiger partial charge in [0.15, 0.2) is 11.5 Å². The summed E-state index contributed by atoms with van der Waals surface area (Å²) in [4.78, 5) is 4.15. The fourth-order valence-electron chi connectivity index (χ4n) is 1.45. The third-order valence-corrected chi connectivity index (χ3v) is 2.46. The fourth-order valence-corrected chi connectivity index (χ4v) is 1.71. The predicted octanol–water partition coefficient (Wildman–Crippen LogP) is 1.78. The van der Waals surface area contributed by atoms with Gasteiger partial charge >= 0.3 is 0 Å². The molecule has 1 heterocycles. The van der Waals surface area contributed by atoms with Gasteiger partial charge in [-0.05, 0) is 17.7 Å². The van der Waals surface area contributed by atoms with E-state index in [9.17, 15) is 5.11 Å². The molecule has 0 saturated carbocycles. The molecule has 0 aliphatic rings. The molecule has 0 radical (unpaired) electrons. The molecule has 1 aromatic carbocycles. The Hall–Kier alpha value is -1.10. The number of halogens is 1. The Bertz CT molecular complexity index is 495.